The summed E-state index contributed by atoms with van der Waals surface area (Å²) in [5, 5.41) is 14.0. The van der Waals surface area contributed by atoms with Crippen LogP contribution in [0.5, 0.6) is 0 Å². The average molecular weight is 479 g/mol. The van der Waals surface area contributed by atoms with Crippen molar-refractivity contribution in [2.45, 2.75) is 20.0 Å². The molecular formula is C26H22N8O2. The number of aryl methyl sites for hydroxylation is 1. The van der Waals surface area contributed by atoms with E-state index >= 15 is 0 Å². The molecule has 10 heteroatoms. The molecule has 0 aliphatic rings. The molecule has 0 saturated heterocycles. The van der Waals surface area contributed by atoms with Gasteiger partial charge in [0.05, 0.1) is 17.2 Å². The fourth-order valence-electron chi connectivity index (χ4n) is 4.62. The maximum absolute atomic E-state index is 12.8. The van der Waals surface area contributed by atoms with Crippen LogP contribution in [0.15, 0.2) is 76.5 Å². The van der Waals surface area contributed by atoms with Gasteiger partial charge in [-0.05, 0) is 53.1 Å². The average Bonchev–Trinajstić information content (AvgIpc) is 3.57. The summed E-state index contributed by atoms with van der Waals surface area (Å²) < 4.78 is 8.73. The van der Waals surface area contributed by atoms with Crippen LogP contribution in [-0.2, 0) is 17.9 Å². The Bertz CT molecular complexity index is 1780. The first-order valence-corrected chi connectivity index (χ1v) is 11.5. The lowest BCUT2D eigenvalue weighted by Crippen LogP contribution is -2.23. The summed E-state index contributed by atoms with van der Waals surface area (Å²) in [5.41, 5.74) is 13.5. The van der Waals surface area contributed by atoms with Gasteiger partial charge < -0.3 is 14.9 Å². The SMILES string of the molecule is CCn1c2ccccc2c2cc(C=NNC(=O)Cn3c(-c4nonc4N)nc4ccccc43)ccc21. The Hall–Kier alpha value is -4.99. The first-order valence-electron chi connectivity index (χ1n) is 11.5. The van der Waals surface area contributed by atoms with Gasteiger partial charge in [0, 0.05) is 28.4 Å². The van der Waals surface area contributed by atoms with E-state index in [1.54, 1.807) is 10.8 Å². The molecule has 3 aromatic carbocycles. The van der Waals surface area contributed by atoms with Gasteiger partial charge in [0.25, 0.3) is 5.91 Å². The van der Waals surface area contributed by atoms with E-state index in [4.69, 9.17) is 10.4 Å². The number of amides is 1. The molecule has 0 fully saturated rings. The Morgan fingerprint density at radius 3 is 2.58 bits per heavy atom. The van der Waals surface area contributed by atoms with Gasteiger partial charge in [-0.2, -0.15) is 5.10 Å². The zero-order valence-corrected chi connectivity index (χ0v) is 19.4. The van der Waals surface area contributed by atoms with Gasteiger partial charge in [0.1, 0.15) is 6.54 Å². The lowest BCUT2D eigenvalue weighted by atomic mass is 10.1. The van der Waals surface area contributed by atoms with Crippen LogP contribution in [0.25, 0.3) is 44.4 Å². The van der Waals surface area contributed by atoms with Crippen molar-refractivity contribution in [3.8, 4) is 11.5 Å². The van der Waals surface area contributed by atoms with Crippen LogP contribution in [-0.4, -0.2) is 36.6 Å². The van der Waals surface area contributed by atoms with Crippen LogP contribution in [0, 0.1) is 0 Å². The quantitative estimate of drug-likeness (QED) is 0.275. The van der Waals surface area contributed by atoms with E-state index in [0.29, 0.717) is 11.3 Å². The fraction of sp³-hybridized carbons (Fsp3) is 0.115. The van der Waals surface area contributed by atoms with Crippen LogP contribution < -0.4 is 11.2 Å². The van der Waals surface area contributed by atoms with E-state index in [1.807, 2.05) is 42.5 Å². The molecule has 178 valence electrons. The van der Waals surface area contributed by atoms with Crippen LogP contribution in [0.1, 0.15) is 12.5 Å². The van der Waals surface area contributed by atoms with Crippen molar-refractivity contribution in [1.82, 2.24) is 29.9 Å². The molecule has 0 saturated carbocycles. The molecule has 10 nitrogen and oxygen atoms in total. The monoisotopic (exact) mass is 478 g/mol. The number of anilines is 1. The molecule has 1 amide bonds. The third-order valence-electron chi connectivity index (χ3n) is 6.20. The van der Waals surface area contributed by atoms with Crippen molar-refractivity contribution < 1.29 is 9.42 Å². The Morgan fingerprint density at radius 1 is 1.00 bits per heavy atom. The molecule has 3 heterocycles. The topological polar surface area (TPSA) is 129 Å². The number of carbonyl (C=O) groups is 1. The first-order chi connectivity index (χ1) is 17.6. The summed E-state index contributed by atoms with van der Waals surface area (Å²) in [6, 6.07) is 22.0. The van der Waals surface area contributed by atoms with E-state index in [1.165, 1.54) is 16.4 Å². The molecular weight excluding hydrogens is 456 g/mol. The number of nitrogens with one attached hydrogen (secondary N) is 1. The maximum Gasteiger partial charge on any atom is 0.260 e. The number of fused-ring (bicyclic) bond motifs is 4. The zero-order chi connectivity index (χ0) is 24.6. The number of aromatic nitrogens is 5. The van der Waals surface area contributed by atoms with E-state index in [2.05, 4.69) is 61.6 Å². The molecule has 0 aliphatic heterocycles. The molecule has 3 aromatic heterocycles. The van der Waals surface area contributed by atoms with Gasteiger partial charge in [0.2, 0.25) is 0 Å². The largest absolute Gasteiger partial charge is 0.379 e. The van der Waals surface area contributed by atoms with Crippen LogP contribution in [0.4, 0.5) is 5.82 Å². The Labute approximate surface area is 205 Å². The lowest BCUT2D eigenvalue weighted by molar-refractivity contribution is -0.121. The predicted molar refractivity (Wildman–Crippen MR) is 138 cm³/mol. The number of hydrogen-bond acceptors (Lipinski definition) is 7. The highest BCUT2D eigenvalue weighted by Gasteiger charge is 2.20. The van der Waals surface area contributed by atoms with Crippen molar-refractivity contribution >= 4 is 50.8 Å². The first kappa shape index (κ1) is 21.5. The predicted octanol–water partition coefficient (Wildman–Crippen LogP) is 3.95. The minimum Gasteiger partial charge on any atom is -0.379 e. The van der Waals surface area contributed by atoms with Gasteiger partial charge in [-0.25, -0.2) is 15.0 Å². The van der Waals surface area contributed by atoms with Gasteiger partial charge in [0.15, 0.2) is 17.3 Å². The van der Waals surface area contributed by atoms with Crippen molar-refractivity contribution in [3.63, 3.8) is 0 Å². The van der Waals surface area contributed by atoms with Crippen molar-refractivity contribution in [3.05, 3.63) is 72.3 Å². The van der Waals surface area contributed by atoms with E-state index in [0.717, 1.165) is 23.0 Å². The van der Waals surface area contributed by atoms with Crippen molar-refractivity contribution in [1.29, 1.82) is 0 Å². The maximum atomic E-state index is 12.8. The number of nitrogen functional groups attached to an aromatic ring is 1. The Balaban J connectivity index is 1.26. The number of nitrogens with zero attached hydrogens (tertiary/aromatic N) is 6. The number of hydrazone groups is 1. The summed E-state index contributed by atoms with van der Waals surface area (Å²) in [4.78, 5) is 17.4. The van der Waals surface area contributed by atoms with E-state index < -0.39 is 0 Å². The minimum absolute atomic E-state index is 0.0392. The molecule has 0 radical (unpaired) electrons. The normalized spacial score (nSPS) is 11.8. The highest BCUT2D eigenvalue weighted by atomic mass is 16.6. The van der Waals surface area contributed by atoms with E-state index in [-0.39, 0.29) is 24.0 Å². The number of carbonyl (C=O) groups excluding carboxylic acids is 1. The molecule has 0 spiro atoms. The molecule has 0 bridgehead atoms. The molecule has 0 unspecified atom stereocenters. The molecule has 0 aliphatic carbocycles. The second kappa shape index (κ2) is 8.66. The number of para-hydroxylation sites is 3. The number of nitrogens with two attached hydrogens (primary N) is 1. The van der Waals surface area contributed by atoms with Gasteiger partial charge >= 0.3 is 0 Å². The third kappa shape index (κ3) is 3.56. The van der Waals surface area contributed by atoms with Crippen molar-refractivity contribution in [2.24, 2.45) is 5.10 Å². The smallest absolute Gasteiger partial charge is 0.260 e. The molecule has 3 N–H and O–H groups in total. The van der Waals surface area contributed by atoms with Gasteiger partial charge in [-0.1, -0.05) is 36.4 Å². The zero-order valence-electron chi connectivity index (χ0n) is 19.4. The molecule has 6 aromatic rings. The summed E-state index contributed by atoms with van der Waals surface area (Å²) in [6.45, 7) is 2.98. The number of hydrogen-bond donors (Lipinski definition) is 2. The summed E-state index contributed by atoms with van der Waals surface area (Å²) in [7, 11) is 0. The van der Waals surface area contributed by atoms with Gasteiger partial charge in [-0.15, -0.1) is 0 Å². The highest BCUT2D eigenvalue weighted by Crippen LogP contribution is 2.29. The lowest BCUT2D eigenvalue weighted by Gasteiger charge is -2.06. The van der Waals surface area contributed by atoms with Gasteiger partial charge in [-0.3, -0.25) is 4.79 Å². The molecule has 36 heavy (non-hydrogen) atoms. The highest BCUT2D eigenvalue weighted by molar-refractivity contribution is 6.09. The third-order valence-corrected chi connectivity index (χ3v) is 6.20. The summed E-state index contributed by atoms with van der Waals surface area (Å²) in [6.07, 6.45) is 1.64. The fourth-order valence-corrected chi connectivity index (χ4v) is 4.62. The van der Waals surface area contributed by atoms with Crippen LogP contribution in [0.3, 0.4) is 0 Å². The number of rotatable bonds is 6. The summed E-state index contributed by atoms with van der Waals surface area (Å²) in [5.74, 6) is 0.172. The Morgan fingerprint density at radius 2 is 1.78 bits per heavy atom. The summed E-state index contributed by atoms with van der Waals surface area (Å²) >= 11 is 0. The Kier molecular flexibility index (Phi) is 5.18. The van der Waals surface area contributed by atoms with Crippen molar-refractivity contribution in [2.75, 3.05) is 5.73 Å². The standard InChI is InChI=1S/C26H22N8O2/c1-2-33-20-9-5-3-7-17(20)18-13-16(11-12-21(18)33)14-28-30-23(35)15-34-22-10-6-4-8-19(22)29-26(34)24-25(27)32-36-31-24/h3-14H,2,15H2,1H3,(H2,27,32)(H,30,35). The minimum atomic E-state index is -0.325. The number of imidazole rings is 1. The molecule has 6 rings (SSSR count). The number of benzene rings is 3. The second-order valence-electron chi connectivity index (χ2n) is 8.34. The van der Waals surface area contributed by atoms with Crippen LogP contribution >= 0.6 is 0 Å². The second-order valence-corrected chi connectivity index (χ2v) is 8.34. The van der Waals surface area contributed by atoms with E-state index in [9.17, 15) is 4.79 Å². The molecule has 0 atom stereocenters. The van der Waals surface area contributed by atoms with Crippen LogP contribution in [0.2, 0.25) is 0 Å².